The van der Waals surface area contributed by atoms with Crippen LogP contribution in [0.2, 0.25) is 0 Å². The number of rotatable bonds is 10. The molecule has 0 radical (unpaired) electrons. The van der Waals surface area contributed by atoms with Gasteiger partial charge < -0.3 is 4.74 Å². The van der Waals surface area contributed by atoms with Crippen molar-refractivity contribution in [2.24, 2.45) is 15.0 Å². The lowest BCUT2D eigenvalue weighted by Gasteiger charge is -2.04. The zero-order valence-corrected chi connectivity index (χ0v) is 10.2. The van der Waals surface area contributed by atoms with Gasteiger partial charge in [-0.1, -0.05) is 0 Å². The summed E-state index contributed by atoms with van der Waals surface area (Å²) in [6.07, 6.45) is 4.76. The van der Waals surface area contributed by atoms with Crippen LogP contribution in [0, 0.1) is 0 Å². The molecule has 0 bridgehead atoms. The summed E-state index contributed by atoms with van der Waals surface area (Å²) in [6.45, 7) is 0.140. The fraction of sp³-hybridized carbons (Fsp3) is 0.636. The van der Waals surface area contributed by atoms with Crippen molar-refractivity contribution in [3.63, 3.8) is 0 Å². The number of unbranched alkanes of at least 4 members (excludes halogenated alkanes) is 1. The lowest BCUT2D eigenvalue weighted by molar-refractivity contribution is -0.143. The van der Waals surface area contributed by atoms with Crippen molar-refractivity contribution in [2.45, 2.75) is 31.8 Å². The van der Waals surface area contributed by atoms with Crippen molar-refractivity contribution < 1.29 is 23.9 Å². The third kappa shape index (κ3) is 10.5. The second-order valence-corrected chi connectivity index (χ2v) is 3.36. The fourth-order valence-corrected chi connectivity index (χ4v) is 1.20. The lowest BCUT2D eigenvalue weighted by atomic mass is 10.1. The van der Waals surface area contributed by atoms with E-state index in [4.69, 9.17) is 4.74 Å². The molecular weight excluding hydrogens is 254 g/mol. The minimum absolute atomic E-state index is 0.0432. The van der Waals surface area contributed by atoms with E-state index >= 15 is 0 Å². The molecule has 0 fully saturated rings. The highest BCUT2D eigenvalue weighted by molar-refractivity contribution is 5.69. The summed E-state index contributed by atoms with van der Waals surface area (Å²) in [5.74, 6) is -0.407. The van der Waals surface area contributed by atoms with Gasteiger partial charge in [0.25, 0.3) is 0 Å². The zero-order valence-electron chi connectivity index (χ0n) is 10.2. The quantitative estimate of drug-likeness (QED) is 0.246. The van der Waals surface area contributed by atoms with Crippen LogP contribution in [0.4, 0.5) is 0 Å². The molecular formula is C11H13N3O5. The van der Waals surface area contributed by atoms with Crippen LogP contribution in [-0.2, 0) is 23.9 Å². The Morgan fingerprint density at radius 1 is 1.05 bits per heavy atom. The van der Waals surface area contributed by atoms with Crippen LogP contribution in [0.1, 0.15) is 25.7 Å². The smallest absolute Gasteiger partial charge is 0.305 e. The summed E-state index contributed by atoms with van der Waals surface area (Å²) in [5.41, 5.74) is 0. The van der Waals surface area contributed by atoms with Crippen LogP contribution in [0.25, 0.3) is 0 Å². The average molecular weight is 267 g/mol. The van der Waals surface area contributed by atoms with Gasteiger partial charge in [0.2, 0.25) is 18.2 Å². The fourth-order valence-electron chi connectivity index (χ4n) is 1.20. The van der Waals surface area contributed by atoms with E-state index in [9.17, 15) is 19.2 Å². The molecule has 0 N–H and O–H groups in total. The second-order valence-electron chi connectivity index (χ2n) is 3.36. The first kappa shape index (κ1) is 16.6. The molecule has 19 heavy (non-hydrogen) atoms. The molecule has 0 aliphatic rings. The van der Waals surface area contributed by atoms with E-state index in [-0.39, 0.29) is 19.6 Å². The second kappa shape index (κ2) is 12.1. The van der Waals surface area contributed by atoms with Crippen molar-refractivity contribution >= 4 is 24.2 Å². The Balaban J connectivity index is 3.71. The molecule has 8 nitrogen and oxygen atoms in total. The highest BCUT2D eigenvalue weighted by Crippen LogP contribution is 2.07. The van der Waals surface area contributed by atoms with Crippen molar-refractivity contribution in [3.05, 3.63) is 0 Å². The Kier molecular flexibility index (Phi) is 10.6. The molecule has 0 amide bonds. The molecule has 8 heteroatoms. The number of hydrogen-bond acceptors (Lipinski definition) is 8. The van der Waals surface area contributed by atoms with Crippen molar-refractivity contribution in [1.82, 2.24) is 0 Å². The van der Waals surface area contributed by atoms with Crippen LogP contribution in [0.3, 0.4) is 0 Å². The summed E-state index contributed by atoms with van der Waals surface area (Å²) in [7, 11) is 0. The van der Waals surface area contributed by atoms with Crippen molar-refractivity contribution in [2.75, 3.05) is 13.2 Å². The van der Waals surface area contributed by atoms with E-state index < -0.39 is 12.1 Å². The molecule has 0 atom stereocenters. The predicted octanol–water partition coefficient (Wildman–Crippen LogP) is 0.423. The standard InChI is InChI=1S/C11H13N3O5/c15-7-12-5-6-19-11(18)4-2-1-3-10(13-8-16)14-9-17/h10H,1-6H2. The largest absolute Gasteiger partial charge is 0.464 e. The minimum atomic E-state index is -0.784. The normalized spacial score (nSPS) is 10.3. The topological polar surface area (TPSA) is 115 Å². The van der Waals surface area contributed by atoms with Crippen molar-refractivity contribution in [3.8, 4) is 0 Å². The molecule has 0 rings (SSSR count). The number of hydrogen-bond donors (Lipinski definition) is 0. The molecule has 0 aromatic rings. The Morgan fingerprint density at radius 3 is 2.32 bits per heavy atom. The molecule has 0 saturated heterocycles. The molecule has 0 spiro atoms. The number of ether oxygens (including phenoxy) is 1. The van der Waals surface area contributed by atoms with Gasteiger partial charge in [-0.3, -0.25) is 4.79 Å². The van der Waals surface area contributed by atoms with Gasteiger partial charge in [0.1, 0.15) is 6.61 Å². The first-order valence-corrected chi connectivity index (χ1v) is 5.57. The van der Waals surface area contributed by atoms with Gasteiger partial charge in [0.15, 0.2) is 6.17 Å². The molecule has 0 aromatic carbocycles. The number of esters is 1. The Labute approximate surface area is 109 Å². The number of nitrogens with zero attached hydrogens (tertiary/aromatic N) is 3. The first-order chi connectivity index (χ1) is 9.24. The minimum Gasteiger partial charge on any atom is -0.464 e. The molecule has 0 aromatic heterocycles. The SMILES string of the molecule is O=C=NCCOC(=O)CCCCC(N=C=O)N=C=O. The lowest BCUT2D eigenvalue weighted by Crippen LogP contribution is -2.08. The summed E-state index contributed by atoms with van der Waals surface area (Å²) >= 11 is 0. The van der Waals surface area contributed by atoms with Gasteiger partial charge in [-0.2, -0.15) is 9.98 Å². The molecule has 102 valence electrons. The highest BCUT2D eigenvalue weighted by atomic mass is 16.5. The number of aliphatic imine (C=N–C) groups is 3. The summed E-state index contributed by atoms with van der Waals surface area (Å²) in [5, 5.41) is 0. The van der Waals surface area contributed by atoms with E-state index in [2.05, 4.69) is 15.0 Å². The number of carbonyl (C=O) groups excluding carboxylic acids is 4. The van der Waals surface area contributed by atoms with E-state index in [0.717, 1.165) is 0 Å². The van der Waals surface area contributed by atoms with Gasteiger partial charge in [0, 0.05) is 6.42 Å². The monoisotopic (exact) mass is 267 g/mol. The Morgan fingerprint density at radius 2 is 1.74 bits per heavy atom. The maximum atomic E-state index is 11.2. The Hall–Kier alpha value is -2.39. The predicted molar refractivity (Wildman–Crippen MR) is 62.4 cm³/mol. The van der Waals surface area contributed by atoms with Gasteiger partial charge in [0.05, 0.1) is 6.54 Å². The average Bonchev–Trinajstić information content (AvgIpc) is 2.40. The van der Waals surface area contributed by atoms with E-state index in [1.165, 1.54) is 18.2 Å². The van der Waals surface area contributed by atoms with Gasteiger partial charge >= 0.3 is 5.97 Å². The maximum Gasteiger partial charge on any atom is 0.305 e. The van der Waals surface area contributed by atoms with E-state index in [1.54, 1.807) is 0 Å². The van der Waals surface area contributed by atoms with Crippen molar-refractivity contribution in [1.29, 1.82) is 0 Å². The molecule has 0 unspecified atom stereocenters. The molecule has 0 heterocycles. The molecule has 0 saturated carbocycles. The van der Waals surface area contributed by atoms with Gasteiger partial charge in [-0.15, -0.1) is 0 Å². The third-order valence-electron chi connectivity index (χ3n) is 2.03. The number of carbonyl (C=O) groups is 1. The maximum absolute atomic E-state index is 11.2. The van der Waals surface area contributed by atoms with Crippen LogP contribution in [-0.4, -0.2) is 43.5 Å². The van der Waals surface area contributed by atoms with Gasteiger partial charge in [-0.25, -0.2) is 19.4 Å². The zero-order chi connectivity index (χ0) is 14.3. The highest BCUT2D eigenvalue weighted by Gasteiger charge is 2.06. The molecule has 0 aliphatic heterocycles. The van der Waals surface area contributed by atoms with Crippen LogP contribution in [0.5, 0.6) is 0 Å². The summed E-state index contributed by atoms with van der Waals surface area (Å²) in [6, 6.07) is 0. The van der Waals surface area contributed by atoms with Crippen LogP contribution < -0.4 is 0 Å². The summed E-state index contributed by atoms with van der Waals surface area (Å²) < 4.78 is 4.76. The Bertz CT molecular complexity index is 400. The van der Waals surface area contributed by atoms with Gasteiger partial charge in [-0.05, 0) is 19.3 Å². The van der Waals surface area contributed by atoms with E-state index in [0.29, 0.717) is 19.3 Å². The van der Waals surface area contributed by atoms with Crippen LogP contribution in [0.15, 0.2) is 15.0 Å². The first-order valence-electron chi connectivity index (χ1n) is 5.57. The summed E-state index contributed by atoms with van der Waals surface area (Å²) in [4.78, 5) is 50.7. The molecule has 0 aliphatic carbocycles. The number of isocyanates is 3. The van der Waals surface area contributed by atoms with Crippen LogP contribution >= 0.6 is 0 Å². The van der Waals surface area contributed by atoms with E-state index in [1.807, 2.05) is 0 Å². The third-order valence-corrected chi connectivity index (χ3v) is 2.03.